The van der Waals surface area contributed by atoms with Gasteiger partial charge in [0.05, 0.1) is 17.7 Å². The van der Waals surface area contributed by atoms with Crippen LogP contribution in [0.1, 0.15) is 25.8 Å². The van der Waals surface area contributed by atoms with Crippen LogP contribution >= 0.6 is 0 Å². The van der Waals surface area contributed by atoms with Gasteiger partial charge in [-0.1, -0.05) is 55.5 Å². The predicted octanol–water partition coefficient (Wildman–Crippen LogP) is 3.88. The number of carbonyl (C=O) groups is 2. The maximum absolute atomic E-state index is 13.8. The molecule has 9 heteroatoms. The second-order valence-corrected chi connectivity index (χ2v) is 10.7. The molecule has 202 valence electrons. The van der Waals surface area contributed by atoms with Gasteiger partial charge in [-0.05, 0) is 61.7 Å². The standard InChI is InChI=1S/C29H35N3O5S/c1-4-20-30-29(34)23(2)31(21-19-24-11-7-5-8-12-24)28(33)22-32(25-15-17-26(37-3)18-16-25)38(35,36)27-13-9-6-10-14-27/h5-18,23H,4,19-22H2,1-3H3,(H,30,34). The smallest absolute Gasteiger partial charge is 0.264 e. The van der Waals surface area contributed by atoms with E-state index in [1.807, 2.05) is 37.3 Å². The van der Waals surface area contributed by atoms with Gasteiger partial charge in [0.2, 0.25) is 11.8 Å². The highest BCUT2D eigenvalue weighted by Gasteiger charge is 2.32. The molecule has 0 aromatic heterocycles. The zero-order chi connectivity index (χ0) is 27.5. The van der Waals surface area contributed by atoms with E-state index < -0.39 is 28.5 Å². The quantitative estimate of drug-likeness (QED) is 0.357. The van der Waals surface area contributed by atoms with Gasteiger partial charge in [-0.25, -0.2) is 8.42 Å². The average molecular weight is 538 g/mol. The molecule has 38 heavy (non-hydrogen) atoms. The largest absolute Gasteiger partial charge is 0.497 e. The van der Waals surface area contributed by atoms with Crippen molar-refractivity contribution in [2.24, 2.45) is 0 Å². The molecule has 8 nitrogen and oxygen atoms in total. The van der Waals surface area contributed by atoms with Crippen LogP contribution in [0.25, 0.3) is 0 Å². The molecule has 0 heterocycles. The third-order valence-corrected chi connectivity index (χ3v) is 7.96. The van der Waals surface area contributed by atoms with E-state index in [1.54, 1.807) is 49.4 Å². The van der Waals surface area contributed by atoms with E-state index >= 15 is 0 Å². The van der Waals surface area contributed by atoms with Gasteiger partial charge < -0.3 is 15.0 Å². The van der Waals surface area contributed by atoms with Gasteiger partial charge in [0.1, 0.15) is 18.3 Å². The molecule has 1 N–H and O–H groups in total. The van der Waals surface area contributed by atoms with E-state index in [0.717, 1.165) is 16.3 Å². The molecule has 3 aromatic carbocycles. The first kappa shape index (κ1) is 28.7. The number of carbonyl (C=O) groups excluding carboxylic acids is 2. The summed E-state index contributed by atoms with van der Waals surface area (Å²) in [7, 11) is -2.56. The molecule has 0 aliphatic rings. The maximum Gasteiger partial charge on any atom is 0.264 e. The molecule has 1 atom stereocenters. The van der Waals surface area contributed by atoms with Crippen LogP contribution in [-0.2, 0) is 26.0 Å². The number of anilines is 1. The minimum Gasteiger partial charge on any atom is -0.497 e. The molecule has 0 radical (unpaired) electrons. The third kappa shape index (κ3) is 7.35. The molecular formula is C29H35N3O5S. The minimum atomic E-state index is -4.09. The second-order valence-electron chi connectivity index (χ2n) is 8.81. The lowest BCUT2D eigenvalue weighted by atomic mass is 10.1. The fourth-order valence-electron chi connectivity index (χ4n) is 3.96. The van der Waals surface area contributed by atoms with E-state index in [9.17, 15) is 18.0 Å². The average Bonchev–Trinajstić information content (AvgIpc) is 2.95. The summed E-state index contributed by atoms with van der Waals surface area (Å²) >= 11 is 0. The Hall–Kier alpha value is -3.85. The number of methoxy groups -OCH3 is 1. The Bertz CT molecular complexity index is 1280. The van der Waals surface area contributed by atoms with E-state index in [1.165, 1.54) is 24.1 Å². The Morgan fingerprint density at radius 2 is 1.53 bits per heavy atom. The number of ether oxygens (including phenoxy) is 1. The lowest BCUT2D eigenvalue weighted by Crippen LogP contribution is -2.52. The van der Waals surface area contributed by atoms with Gasteiger partial charge in [0, 0.05) is 13.1 Å². The van der Waals surface area contributed by atoms with Gasteiger partial charge in [-0.2, -0.15) is 0 Å². The number of amides is 2. The van der Waals surface area contributed by atoms with Crippen molar-refractivity contribution in [3.05, 3.63) is 90.5 Å². The number of sulfonamides is 1. The van der Waals surface area contributed by atoms with Gasteiger partial charge in [-0.15, -0.1) is 0 Å². The maximum atomic E-state index is 13.8. The van der Waals surface area contributed by atoms with Crippen molar-refractivity contribution in [1.29, 1.82) is 0 Å². The normalized spacial score (nSPS) is 11.9. The van der Waals surface area contributed by atoms with Gasteiger partial charge in [-0.3, -0.25) is 13.9 Å². The SMILES string of the molecule is CCCNC(=O)C(C)N(CCc1ccccc1)C(=O)CN(c1ccc(OC)cc1)S(=O)(=O)c1ccccc1. The van der Waals surface area contributed by atoms with Crippen LogP contribution in [0.5, 0.6) is 5.75 Å². The van der Waals surface area contributed by atoms with Crippen LogP contribution in [0.2, 0.25) is 0 Å². The highest BCUT2D eigenvalue weighted by atomic mass is 32.2. The first-order chi connectivity index (χ1) is 18.3. The summed E-state index contributed by atoms with van der Waals surface area (Å²) < 4.78 is 33.7. The summed E-state index contributed by atoms with van der Waals surface area (Å²) in [5, 5.41) is 2.84. The number of hydrogen-bond acceptors (Lipinski definition) is 5. The second kappa shape index (κ2) is 13.6. The van der Waals surface area contributed by atoms with Crippen LogP contribution in [0.4, 0.5) is 5.69 Å². The zero-order valence-electron chi connectivity index (χ0n) is 22.0. The van der Waals surface area contributed by atoms with Crippen LogP contribution in [-0.4, -0.2) is 57.9 Å². The topological polar surface area (TPSA) is 96.0 Å². The van der Waals surface area contributed by atoms with E-state index in [-0.39, 0.29) is 17.3 Å². The predicted molar refractivity (Wildman–Crippen MR) is 149 cm³/mol. The summed E-state index contributed by atoms with van der Waals surface area (Å²) in [6.07, 6.45) is 1.28. The Balaban J connectivity index is 1.95. The Kier molecular flexibility index (Phi) is 10.3. The Labute approximate surface area is 225 Å². The summed E-state index contributed by atoms with van der Waals surface area (Å²) in [5.41, 5.74) is 1.32. The van der Waals surface area contributed by atoms with Crippen LogP contribution in [0.15, 0.2) is 89.8 Å². The molecule has 0 aliphatic heterocycles. The summed E-state index contributed by atoms with van der Waals surface area (Å²) in [5.74, 6) is -0.201. The molecule has 0 bridgehead atoms. The molecule has 2 amide bonds. The van der Waals surface area contributed by atoms with Crippen LogP contribution < -0.4 is 14.4 Å². The Morgan fingerprint density at radius 3 is 2.11 bits per heavy atom. The fraction of sp³-hybridized carbons (Fsp3) is 0.310. The third-order valence-electron chi connectivity index (χ3n) is 6.17. The van der Waals surface area contributed by atoms with Crippen molar-refractivity contribution in [2.75, 3.05) is 31.0 Å². The van der Waals surface area contributed by atoms with E-state index in [4.69, 9.17) is 4.74 Å². The van der Waals surface area contributed by atoms with Gasteiger partial charge >= 0.3 is 0 Å². The van der Waals surface area contributed by atoms with E-state index in [2.05, 4.69) is 5.32 Å². The lowest BCUT2D eigenvalue weighted by molar-refractivity contribution is -0.138. The van der Waals surface area contributed by atoms with Crippen molar-refractivity contribution in [1.82, 2.24) is 10.2 Å². The zero-order valence-corrected chi connectivity index (χ0v) is 22.9. The summed E-state index contributed by atoms with van der Waals surface area (Å²) in [4.78, 5) is 28.2. The summed E-state index contributed by atoms with van der Waals surface area (Å²) in [6.45, 7) is 3.89. The van der Waals surface area contributed by atoms with Crippen LogP contribution in [0, 0.1) is 0 Å². The molecule has 3 aromatic rings. The lowest BCUT2D eigenvalue weighted by Gasteiger charge is -2.32. The first-order valence-corrected chi connectivity index (χ1v) is 14.0. The van der Waals surface area contributed by atoms with Crippen molar-refractivity contribution >= 4 is 27.5 Å². The molecule has 0 saturated carbocycles. The number of hydrogen-bond donors (Lipinski definition) is 1. The number of rotatable bonds is 13. The number of nitrogens with one attached hydrogen (secondary N) is 1. The molecular weight excluding hydrogens is 502 g/mol. The highest BCUT2D eigenvalue weighted by molar-refractivity contribution is 7.92. The fourth-order valence-corrected chi connectivity index (χ4v) is 5.40. The van der Waals surface area contributed by atoms with Gasteiger partial charge in [0.25, 0.3) is 10.0 Å². The van der Waals surface area contributed by atoms with Gasteiger partial charge in [0.15, 0.2) is 0 Å². The molecule has 0 spiro atoms. The minimum absolute atomic E-state index is 0.0631. The summed E-state index contributed by atoms with van der Waals surface area (Å²) in [6, 6.07) is 23.3. The van der Waals surface area contributed by atoms with Crippen molar-refractivity contribution in [3.8, 4) is 5.75 Å². The first-order valence-electron chi connectivity index (χ1n) is 12.6. The molecule has 0 saturated heterocycles. The molecule has 3 rings (SSSR count). The molecule has 0 fully saturated rings. The van der Waals surface area contributed by atoms with Crippen molar-refractivity contribution in [3.63, 3.8) is 0 Å². The van der Waals surface area contributed by atoms with E-state index in [0.29, 0.717) is 24.4 Å². The molecule has 0 aliphatic carbocycles. The Morgan fingerprint density at radius 1 is 0.921 bits per heavy atom. The van der Waals surface area contributed by atoms with Crippen molar-refractivity contribution < 1.29 is 22.7 Å². The molecule has 1 unspecified atom stereocenters. The van der Waals surface area contributed by atoms with Crippen LogP contribution in [0.3, 0.4) is 0 Å². The monoisotopic (exact) mass is 537 g/mol. The number of benzene rings is 3. The number of nitrogens with zero attached hydrogens (tertiary/aromatic N) is 2. The highest BCUT2D eigenvalue weighted by Crippen LogP contribution is 2.26. The van der Waals surface area contributed by atoms with Crippen molar-refractivity contribution in [2.45, 2.75) is 37.6 Å².